The third-order valence-electron chi connectivity index (χ3n) is 16.0. The van der Waals surface area contributed by atoms with Crippen molar-refractivity contribution in [1.29, 1.82) is 0 Å². The Morgan fingerprint density at radius 2 is 1.05 bits per heavy atom. The predicted octanol–water partition coefficient (Wildman–Crippen LogP) is 14.6. The quantitative estimate of drug-likeness (QED) is 0.160. The topological polar surface area (TPSA) is 6.48 Å². The molecule has 314 valence electrons. The molecule has 0 fully saturated rings. The second-order valence-electron chi connectivity index (χ2n) is 20.9. The van der Waals surface area contributed by atoms with Gasteiger partial charge in [-0.15, -0.1) is 0 Å². The highest BCUT2D eigenvalue weighted by Crippen LogP contribution is 2.65. The summed E-state index contributed by atoms with van der Waals surface area (Å²) in [4.78, 5) is 5.48. The number of rotatable bonds is 2. The van der Waals surface area contributed by atoms with E-state index in [0.717, 1.165) is 0 Å². The average molecular weight is 845 g/mol. The van der Waals surface area contributed by atoms with Gasteiger partial charge in [0.2, 0.25) is 0 Å². The molecular formula is C63H49BN2. The molecule has 1 spiro atoms. The Morgan fingerprint density at radius 1 is 0.439 bits per heavy atom. The summed E-state index contributed by atoms with van der Waals surface area (Å²) in [5.41, 5.74) is 29.5. The van der Waals surface area contributed by atoms with Gasteiger partial charge in [0, 0.05) is 39.3 Å². The molecule has 9 aromatic carbocycles. The van der Waals surface area contributed by atoms with Crippen molar-refractivity contribution in [3.05, 3.63) is 233 Å². The summed E-state index contributed by atoms with van der Waals surface area (Å²) in [6.07, 6.45) is 0. The molecule has 0 N–H and O–H groups in total. The number of hydrogen-bond donors (Lipinski definition) is 0. The molecule has 3 heteroatoms. The first-order valence-electron chi connectivity index (χ1n) is 23.7. The van der Waals surface area contributed by atoms with Crippen LogP contribution in [0.25, 0.3) is 44.5 Å². The van der Waals surface area contributed by atoms with Crippen LogP contribution in [0, 0.1) is 6.92 Å². The molecule has 5 aliphatic rings. The molecule has 2 nitrogen and oxygen atoms in total. The van der Waals surface area contributed by atoms with Gasteiger partial charge in [0.1, 0.15) is 0 Å². The molecule has 3 heterocycles. The maximum absolute atomic E-state index is 2.77. The maximum Gasteiger partial charge on any atom is 0.333 e. The number of fused-ring (bicyclic) bond motifs is 17. The van der Waals surface area contributed by atoms with E-state index in [1.807, 2.05) is 0 Å². The van der Waals surface area contributed by atoms with E-state index < -0.39 is 5.41 Å². The summed E-state index contributed by atoms with van der Waals surface area (Å²) in [5, 5.41) is 0. The lowest BCUT2D eigenvalue weighted by Crippen LogP contribution is -2.63. The van der Waals surface area contributed by atoms with E-state index in [1.165, 1.54) is 128 Å². The van der Waals surface area contributed by atoms with E-state index in [9.17, 15) is 0 Å². The predicted molar refractivity (Wildman–Crippen MR) is 277 cm³/mol. The van der Waals surface area contributed by atoms with Crippen LogP contribution >= 0.6 is 0 Å². The number of benzene rings is 9. The third kappa shape index (κ3) is 4.63. The smallest absolute Gasteiger partial charge is 0.333 e. The first-order chi connectivity index (χ1) is 32.1. The number of aryl methyl sites for hydroxylation is 1. The molecule has 0 bridgehead atoms. The summed E-state index contributed by atoms with van der Waals surface area (Å²) >= 11 is 0. The zero-order valence-corrected chi connectivity index (χ0v) is 38.4. The number of para-hydroxylation sites is 2. The molecule has 0 amide bonds. The summed E-state index contributed by atoms with van der Waals surface area (Å²) in [5.74, 6) is 0. The molecule has 0 aromatic heterocycles. The van der Waals surface area contributed by atoms with E-state index in [-0.39, 0.29) is 17.7 Å². The third-order valence-corrected chi connectivity index (χ3v) is 16.0. The number of anilines is 5. The van der Waals surface area contributed by atoms with Gasteiger partial charge in [0.25, 0.3) is 0 Å². The van der Waals surface area contributed by atoms with Gasteiger partial charge >= 0.3 is 6.85 Å². The van der Waals surface area contributed by atoms with Crippen LogP contribution in [-0.4, -0.2) is 6.85 Å². The lowest BCUT2D eigenvalue weighted by Gasteiger charge is -2.53. The lowest BCUT2D eigenvalue weighted by atomic mass is 9.41. The summed E-state index contributed by atoms with van der Waals surface area (Å²) in [6, 6.07) is 72.4. The molecule has 2 aliphatic carbocycles. The normalized spacial score (nSPS) is 15.6. The zero-order valence-electron chi connectivity index (χ0n) is 38.4. The van der Waals surface area contributed by atoms with E-state index in [2.05, 4.69) is 239 Å². The largest absolute Gasteiger partial charge is 0.376 e. The molecule has 66 heavy (non-hydrogen) atoms. The van der Waals surface area contributed by atoms with E-state index in [0.29, 0.717) is 0 Å². The Hall–Kier alpha value is -7.36. The van der Waals surface area contributed by atoms with E-state index in [4.69, 9.17) is 0 Å². The van der Waals surface area contributed by atoms with Crippen LogP contribution in [0.1, 0.15) is 79.1 Å². The Balaban J connectivity index is 1.14. The van der Waals surface area contributed by atoms with E-state index >= 15 is 0 Å². The van der Waals surface area contributed by atoms with Crippen molar-refractivity contribution in [3.63, 3.8) is 0 Å². The Bertz CT molecular complexity index is 3540. The van der Waals surface area contributed by atoms with Crippen molar-refractivity contribution in [3.8, 4) is 44.5 Å². The van der Waals surface area contributed by atoms with Crippen molar-refractivity contribution in [2.75, 3.05) is 9.71 Å². The molecular weight excluding hydrogens is 796 g/mol. The van der Waals surface area contributed by atoms with Gasteiger partial charge in [-0.05, 0) is 125 Å². The molecule has 0 radical (unpaired) electrons. The first kappa shape index (κ1) is 38.0. The van der Waals surface area contributed by atoms with Gasteiger partial charge in [-0.25, -0.2) is 0 Å². The molecule has 14 rings (SSSR count). The van der Waals surface area contributed by atoms with Crippen LogP contribution in [0.5, 0.6) is 0 Å². The Labute approximate surface area is 389 Å². The second-order valence-corrected chi connectivity index (χ2v) is 20.9. The van der Waals surface area contributed by atoms with Crippen LogP contribution in [0.3, 0.4) is 0 Å². The highest BCUT2D eigenvalue weighted by molar-refractivity contribution is 6.94. The van der Waals surface area contributed by atoms with Gasteiger partial charge in [-0.2, -0.15) is 0 Å². The van der Waals surface area contributed by atoms with Crippen LogP contribution in [0.2, 0.25) is 0 Å². The Morgan fingerprint density at radius 3 is 1.76 bits per heavy atom. The van der Waals surface area contributed by atoms with Gasteiger partial charge < -0.3 is 9.71 Å². The van der Waals surface area contributed by atoms with Gasteiger partial charge in [-0.3, -0.25) is 0 Å². The fourth-order valence-electron chi connectivity index (χ4n) is 13.3. The van der Waals surface area contributed by atoms with Crippen molar-refractivity contribution in [2.24, 2.45) is 0 Å². The summed E-state index contributed by atoms with van der Waals surface area (Å²) in [6.45, 7) is 14.1. The minimum atomic E-state index is -0.486. The molecule has 3 aliphatic heterocycles. The van der Waals surface area contributed by atoms with Crippen LogP contribution in [0.15, 0.2) is 188 Å². The molecule has 0 saturated heterocycles. The van der Waals surface area contributed by atoms with Gasteiger partial charge in [0.15, 0.2) is 0 Å². The zero-order chi connectivity index (χ0) is 44.4. The molecule has 9 aromatic rings. The maximum atomic E-state index is 2.77. The van der Waals surface area contributed by atoms with E-state index in [1.54, 1.807) is 0 Å². The SMILES string of the molecule is Cc1cc2c3c(c1)N(c1ccc(C(C)(C)C)cc1-c1ccccc1)c1c(ccc4c1C(C)(C)c1ccccc1-4)B3N1c3ccccc3C3(c4ccccc4-c4ccccc43)c3cccc-2c31. The fourth-order valence-corrected chi connectivity index (χ4v) is 13.3. The average Bonchev–Trinajstić information content (AvgIpc) is 3.76. The van der Waals surface area contributed by atoms with Crippen molar-refractivity contribution in [2.45, 2.75) is 57.8 Å². The standard InChI is InChI=1S/C63H49BN2/c1-38-35-47-45-24-18-29-52-59(45)66(55-30-17-16-28-51(55)63(52)49-26-14-11-21-41(49)42-22-12-15-27-50(42)63)64-53-33-32-44-43-23-10-13-25-48(43)62(5,6)57(44)60(53)65(56(36-38)58(47)64)54-34-31-40(61(2,3)4)37-46(54)39-19-8-7-9-20-39/h7-37H,1-6H3. The van der Waals surface area contributed by atoms with Gasteiger partial charge in [-0.1, -0.05) is 198 Å². The fraction of sp³-hybridized carbons (Fsp3) is 0.143. The Kier molecular flexibility index (Phi) is 7.43. The number of nitrogens with zero attached hydrogens (tertiary/aromatic N) is 2. The minimum Gasteiger partial charge on any atom is -0.376 e. The second kappa shape index (κ2) is 12.9. The first-order valence-corrected chi connectivity index (χ1v) is 23.7. The minimum absolute atomic E-state index is 0.0267. The highest BCUT2D eigenvalue weighted by atomic mass is 15.2. The lowest BCUT2D eigenvalue weighted by molar-refractivity contribution is 0.590. The molecule has 0 atom stereocenters. The molecule has 0 unspecified atom stereocenters. The highest BCUT2D eigenvalue weighted by Gasteiger charge is 2.57. The monoisotopic (exact) mass is 844 g/mol. The van der Waals surface area contributed by atoms with Crippen LogP contribution in [0.4, 0.5) is 28.4 Å². The van der Waals surface area contributed by atoms with Crippen molar-refractivity contribution in [1.82, 2.24) is 0 Å². The van der Waals surface area contributed by atoms with Gasteiger partial charge in [0.05, 0.1) is 11.1 Å². The van der Waals surface area contributed by atoms with Crippen molar-refractivity contribution < 1.29 is 0 Å². The molecule has 0 saturated carbocycles. The summed E-state index contributed by atoms with van der Waals surface area (Å²) < 4.78 is 0. The summed E-state index contributed by atoms with van der Waals surface area (Å²) in [7, 11) is 0. The van der Waals surface area contributed by atoms with Crippen LogP contribution < -0.4 is 20.6 Å². The van der Waals surface area contributed by atoms with Crippen molar-refractivity contribution >= 4 is 46.2 Å². The van der Waals surface area contributed by atoms with Crippen LogP contribution in [-0.2, 0) is 16.2 Å². The number of hydrogen-bond acceptors (Lipinski definition) is 2.